The molecule has 0 saturated carbocycles. The molecule has 0 saturated heterocycles. The van der Waals surface area contributed by atoms with E-state index >= 15 is 0 Å². The number of benzene rings is 2. The molecule has 6 heteroatoms. The first-order chi connectivity index (χ1) is 13.0. The van der Waals surface area contributed by atoms with Gasteiger partial charge in [-0.15, -0.1) is 0 Å². The Hall–Kier alpha value is -1.72. The third-order valence-electron chi connectivity index (χ3n) is 5.07. The Morgan fingerprint density at radius 3 is 2.74 bits per heavy atom. The highest BCUT2D eigenvalue weighted by Gasteiger charge is 2.38. The summed E-state index contributed by atoms with van der Waals surface area (Å²) in [5.41, 5.74) is 0.743. The summed E-state index contributed by atoms with van der Waals surface area (Å²) in [7, 11) is 0. The molecule has 144 valence electrons. The molecule has 0 aromatic heterocycles. The zero-order valence-corrected chi connectivity index (χ0v) is 17.8. The van der Waals surface area contributed by atoms with E-state index in [9.17, 15) is 4.79 Å². The van der Waals surface area contributed by atoms with Crippen molar-refractivity contribution >= 4 is 33.4 Å². The largest absolute Gasteiger partial charge is 0.487 e. The number of ether oxygens (including phenoxy) is 2. The summed E-state index contributed by atoms with van der Waals surface area (Å²) in [6, 6.07) is 13.1. The number of fused-ring (bicyclic) bond motifs is 1. The van der Waals surface area contributed by atoms with Crippen LogP contribution in [-0.4, -0.2) is 18.1 Å². The minimum atomic E-state index is -0.262. The third kappa shape index (κ3) is 4.58. The van der Waals surface area contributed by atoms with Crippen molar-refractivity contribution in [3.63, 3.8) is 0 Å². The van der Waals surface area contributed by atoms with E-state index in [1.165, 1.54) is 0 Å². The molecule has 2 aromatic rings. The Balaban J connectivity index is 1.70. The van der Waals surface area contributed by atoms with Crippen LogP contribution in [0.2, 0.25) is 5.02 Å². The molecule has 3 rings (SSSR count). The Morgan fingerprint density at radius 1 is 1.30 bits per heavy atom. The second kappa shape index (κ2) is 8.53. The summed E-state index contributed by atoms with van der Waals surface area (Å²) in [5.74, 6) is 1.14. The van der Waals surface area contributed by atoms with Gasteiger partial charge in [-0.25, -0.2) is 0 Å². The molecule has 1 heterocycles. The SMILES string of the molecule is CCC1(CC)C[C@H](NC(=O)COc2ccc(Br)cc2Cl)c2ccccc2O1. The van der Waals surface area contributed by atoms with Crippen LogP contribution >= 0.6 is 27.5 Å². The minimum absolute atomic E-state index is 0.0911. The number of halogens is 2. The van der Waals surface area contributed by atoms with Gasteiger partial charge < -0.3 is 14.8 Å². The maximum atomic E-state index is 12.5. The van der Waals surface area contributed by atoms with Crippen molar-refractivity contribution in [1.29, 1.82) is 0 Å². The molecule has 1 amide bonds. The highest BCUT2D eigenvalue weighted by atomic mass is 79.9. The number of rotatable bonds is 6. The lowest BCUT2D eigenvalue weighted by molar-refractivity contribution is -0.124. The van der Waals surface area contributed by atoms with Crippen LogP contribution in [-0.2, 0) is 4.79 Å². The van der Waals surface area contributed by atoms with Gasteiger partial charge in [0.2, 0.25) is 0 Å². The van der Waals surface area contributed by atoms with Gasteiger partial charge in [0, 0.05) is 16.5 Å². The van der Waals surface area contributed by atoms with Crippen LogP contribution in [0, 0.1) is 0 Å². The zero-order chi connectivity index (χ0) is 19.4. The second-order valence-corrected chi connectivity index (χ2v) is 8.04. The predicted octanol–water partition coefficient (Wildman–Crippen LogP) is 5.68. The molecule has 0 spiro atoms. The predicted molar refractivity (Wildman–Crippen MR) is 111 cm³/mol. The summed E-state index contributed by atoms with van der Waals surface area (Å²) in [5, 5.41) is 3.57. The van der Waals surface area contributed by atoms with E-state index in [1.807, 2.05) is 30.3 Å². The van der Waals surface area contributed by atoms with Crippen LogP contribution < -0.4 is 14.8 Å². The molecule has 1 N–H and O–H groups in total. The molecule has 0 fully saturated rings. The van der Waals surface area contributed by atoms with Gasteiger partial charge in [0.05, 0.1) is 11.1 Å². The molecule has 0 bridgehead atoms. The number of hydrogen-bond acceptors (Lipinski definition) is 3. The molecule has 0 unspecified atom stereocenters. The minimum Gasteiger partial charge on any atom is -0.487 e. The van der Waals surface area contributed by atoms with E-state index in [0.717, 1.165) is 35.0 Å². The highest BCUT2D eigenvalue weighted by Crippen LogP contribution is 2.42. The van der Waals surface area contributed by atoms with Crippen molar-refractivity contribution in [2.45, 2.75) is 44.8 Å². The van der Waals surface area contributed by atoms with Gasteiger partial charge in [0.15, 0.2) is 6.61 Å². The Labute approximate surface area is 173 Å². The standard InChI is InChI=1S/C21H23BrClNO3/c1-3-21(4-2)12-17(15-7-5-6-8-18(15)27-21)24-20(25)13-26-19-10-9-14(22)11-16(19)23/h5-11,17H,3-4,12-13H2,1-2H3,(H,24,25)/t17-/m0/s1. The number of amides is 1. The molecule has 1 aliphatic rings. The van der Waals surface area contributed by atoms with E-state index in [-0.39, 0.29) is 24.2 Å². The fraction of sp³-hybridized carbons (Fsp3) is 0.381. The lowest BCUT2D eigenvalue weighted by Crippen LogP contribution is -2.45. The van der Waals surface area contributed by atoms with Gasteiger partial charge in [-0.05, 0) is 37.1 Å². The van der Waals surface area contributed by atoms with E-state index in [2.05, 4.69) is 35.1 Å². The van der Waals surface area contributed by atoms with Gasteiger partial charge in [-0.2, -0.15) is 0 Å². The average molecular weight is 453 g/mol. The Kier molecular flexibility index (Phi) is 6.33. The maximum Gasteiger partial charge on any atom is 0.258 e. The summed E-state index contributed by atoms with van der Waals surface area (Å²) in [6.07, 6.45) is 2.51. The van der Waals surface area contributed by atoms with Crippen molar-refractivity contribution in [1.82, 2.24) is 5.32 Å². The fourth-order valence-electron chi connectivity index (χ4n) is 3.40. The topological polar surface area (TPSA) is 47.6 Å². The first-order valence-corrected chi connectivity index (χ1v) is 10.3. The molecule has 2 aromatic carbocycles. The lowest BCUT2D eigenvalue weighted by Gasteiger charge is -2.41. The molecule has 4 nitrogen and oxygen atoms in total. The van der Waals surface area contributed by atoms with Crippen LogP contribution in [0.3, 0.4) is 0 Å². The molecular formula is C21H23BrClNO3. The van der Waals surface area contributed by atoms with Crippen LogP contribution in [0.15, 0.2) is 46.9 Å². The number of nitrogens with one attached hydrogen (secondary N) is 1. The summed E-state index contributed by atoms with van der Waals surface area (Å²) >= 11 is 9.49. The van der Waals surface area contributed by atoms with Crippen LogP contribution in [0.1, 0.15) is 44.7 Å². The quantitative estimate of drug-likeness (QED) is 0.613. The molecule has 1 atom stereocenters. The van der Waals surface area contributed by atoms with E-state index in [1.54, 1.807) is 12.1 Å². The summed E-state index contributed by atoms with van der Waals surface area (Å²) < 4.78 is 12.7. The summed E-state index contributed by atoms with van der Waals surface area (Å²) in [4.78, 5) is 12.5. The van der Waals surface area contributed by atoms with Gasteiger partial charge >= 0.3 is 0 Å². The smallest absolute Gasteiger partial charge is 0.258 e. The molecular weight excluding hydrogens is 430 g/mol. The molecule has 1 aliphatic heterocycles. The Morgan fingerprint density at radius 2 is 2.04 bits per heavy atom. The van der Waals surface area contributed by atoms with E-state index in [0.29, 0.717) is 10.8 Å². The molecule has 27 heavy (non-hydrogen) atoms. The number of hydrogen-bond donors (Lipinski definition) is 1. The number of carbonyl (C=O) groups excluding carboxylic acids is 1. The van der Waals surface area contributed by atoms with Gasteiger partial charge in [-0.3, -0.25) is 4.79 Å². The molecule has 0 aliphatic carbocycles. The third-order valence-corrected chi connectivity index (χ3v) is 5.86. The Bertz CT molecular complexity index is 823. The number of carbonyl (C=O) groups is 1. The summed E-state index contributed by atoms with van der Waals surface area (Å²) in [6.45, 7) is 4.15. The maximum absolute atomic E-state index is 12.5. The van der Waals surface area contributed by atoms with Crippen molar-refractivity contribution < 1.29 is 14.3 Å². The first-order valence-electron chi connectivity index (χ1n) is 9.11. The van der Waals surface area contributed by atoms with Gasteiger partial charge in [0.25, 0.3) is 5.91 Å². The monoisotopic (exact) mass is 451 g/mol. The van der Waals surface area contributed by atoms with Crippen molar-refractivity contribution in [3.05, 3.63) is 57.5 Å². The van der Waals surface area contributed by atoms with Crippen LogP contribution in [0.25, 0.3) is 0 Å². The van der Waals surface area contributed by atoms with Gasteiger partial charge in [-0.1, -0.05) is 59.6 Å². The van der Waals surface area contributed by atoms with Gasteiger partial charge in [0.1, 0.15) is 17.1 Å². The van der Waals surface area contributed by atoms with E-state index < -0.39 is 0 Å². The highest BCUT2D eigenvalue weighted by molar-refractivity contribution is 9.10. The fourth-order valence-corrected chi connectivity index (χ4v) is 4.13. The lowest BCUT2D eigenvalue weighted by atomic mass is 9.83. The normalized spacial score (nSPS) is 17.6. The zero-order valence-electron chi connectivity index (χ0n) is 15.4. The second-order valence-electron chi connectivity index (χ2n) is 6.72. The van der Waals surface area contributed by atoms with E-state index in [4.69, 9.17) is 21.1 Å². The first kappa shape index (κ1) is 20.0. The molecule has 0 radical (unpaired) electrons. The van der Waals surface area contributed by atoms with Crippen molar-refractivity contribution in [2.75, 3.05) is 6.61 Å². The van der Waals surface area contributed by atoms with Crippen molar-refractivity contribution in [3.8, 4) is 11.5 Å². The van der Waals surface area contributed by atoms with Crippen LogP contribution in [0.5, 0.6) is 11.5 Å². The average Bonchev–Trinajstić information content (AvgIpc) is 2.67. The van der Waals surface area contributed by atoms with Crippen molar-refractivity contribution in [2.24, 2.45) is 0 Å². The van der Waals surface area contributed by atoms with Crippen LogP contribution in [0.4, 0.5) is 0 Å². The number of para-hydroxylation sites is 1.